The maximum Gasteiger partial charge on any atom is 1.00 e. The van der Waals surface area contributed by atoms with Crippen LogP contribution < -0.4 is 34.7 Å². The summed E-state index contributed by atoms with van der Waals surface area (Å²) in [5.74, 6) is -1.11. The molecule has 0 bridgehead atoms. The van der Waals surface area contributed by atoms with E-state index in [9.17, 15) is 9.90 Å². The van der Waals surface area contributed by atoms with Crippen LogP contribution in [0, 0.1) is 13.8 Å². The van der Waals surface area contributed by atoms with E-state index in [0.29, 0.717) is 0 Å². The van der Waals surface area contributed by atoms with Crippen LogP contribution in [0.5, 0.6) is 0 Å². The van der Waals surface area contributed by atoms with E-state index < -0.39 is 5.97 Å². The molecule has 0 atom stereocenters. The van der Waals surface area contributed by atoms with Crippen molar-refractivity contribution in [2.45, 2.75) is 13.8 Å². The molecule has 0 N–H and O–H groups in total. The SMILES string of the molecule is Cc1ccc(C)c(C(=O)[O-])c1.[Na+]. The van der Waals surface area contributed by atoms with Crippen molar-refractivity contribution in [3.8, 4) is 0 Å². The second-order valence-electron chi connectivity index (χ2n) is 2.61. The van der Waals surface area contributed by atoms with Gasteiger partial charge < -0.3 is 9.90 Å². The van der Waals surface area contributed by atoms with Gasteiger partial charge in [0.15, 0.2) is 0 Å². The monoisotopic (exact) mass is 172 g/mol. The van der Waals surface area contributed by atoms with Gasteiger partial charge in [-0.3, -0.25) is 0 Å². The third kappa shape index (κ3) is 2.63. The average molecular weight is 172 g/mol. The fraction of sp³-hybridized carbons (Fsp3) is 0.222. The fourth-order valence-corrected chi connectivity index (χ4v) is 0.956. The Bertz CT molecular complexity index is 295. The smallest absolute Gasteiger partial charge is 0.545 e. The molecule has 2 nitrogen and oxygen atoms in total. The number of rotatable bonds is 1. The minimum Gasteiger partial charge on any atom is -0.545 e. The minimum atomic E-state index is -1.11. The topological polar surface area (TPSA) is 40.1 Å². The Kier molecular flexibility index (Phi) is 4.53. The summed E-state index contributed by atoms with van der Waals surface area (Å²) in [4.78, 5) is 10.5. The van der Waals surface area contributed by atoms with E-state index >= 15 is 0 Å². The first-order valence-corrected chi connectivity index (χ1v) is 3.40. The van der Waals surface area contributed by atoms with E-state index in [1.54, 1.807) is 19.1 Å². The number of hydrogen-bond donors (Lipinski definition) is 0. The molecule has 0 spiro atoms. The summed E-state index contributed by atoms with van der Waals surface area (Å²) >= 11 is 0. The van der Waals surface area contributed by atoms with Gasteiger partial charge in [-0.15, -0.1) is 0 Å². The van der Waals surface area contributed by atoms with Crippen LogP contribution in [0.4, 0.5) is 0 Å². The van der Waals surface area contributed by atoms with Crippen molar-refractivity contribution in [1.82, 2.24) is 0 Å². The Morgan fingerprint density at radius 2 is 1.92 bits per heavy atom. The van der Waals surface area contributed by atoms with Crippen molar-refractivity contribution in [1.29, 1.82) is 0 Å². The predicted octanol–water partition coefficient (Wildman–Crippen LogP) is -2.33. The maximum absolute atomic E-state index is 10.5. The Labute approximate surface area is 93.9 Å². The van der Waals surface area contributed by atoms with Gasteiger partial charge in [-0.2, -0.15) is 0 Å². The van der Waals surface area contributed by atoms with Crippen LogP contribution in [0.1, 0.15) is 21.5 Å². The van der Waals surface area contributed by atoms with Crippen molar-refractivity contribution in [2.75, 3.05) is 0 Å². The van der Waals surface area contributed by atoms with Crippen molar-refractivity contribution in [3.05, 3.63) is 34.9 Å². The van der Waals surface area contributed by atoms with Crippen molar-refractivity contribution in [3.63, 3.8) is 0 Å². The molecule has 0 aliphatic carbocycles. The molecule has 0 saturated carbocycles. The van der Waals surface area contributed by atoms with Crippen molar-refractivity contribution in [2.24, 2.45) is 0 Å². The summed E-state index contributed by atoms with van der Waals surface area (Å²) in [5.41, 5.74) is 1.97. The Morgan fingerprint density at radius 3 is 2.33 bits per heavy atom. The van der Waals surface area contributed by atoms with Gasteiger partial charge in [-0.1, -0.05) is 17.7 Å². The standard InChI is InChI=1S/C9H10O2.Na/c1-6-3-4-7(2)8(5-6)9(10)11;/h3-5H,1-2H3,(H,10,11);/q;+1/p-1. The number of carboxylic acids is 1. The third-order valence-electron chi connectivity index (χ3n) is 1.61. The van der Waals surface area contributed by atoms with Crippen LogP contribution >= 0.6 is 0 Å². The van der Waals surface area contributed by atoms with E-state index in [1.807, 2.05) is 13.0 Å². The first kappa shape index (κ1) is 11.7. The molecule has 1 rings (SSSR count). The van der Waals surface area contributed by atoms with Crippen LogP contribution in [-0.2, 0) is 0 Å². The predicted molar refractivity (Wildman–Crippen MR) is 40.2 cm³/mol. The Morgan fingerprint density at radius 1 is 1.33 bits per heavy atom. The number of carbonyl (C=O) groups excluding carboxylic acids is 1. The van der Waals surface area contributed by atoms with Crippen LogP contribution in [0.25, 0.3) is 0 Å². The van der Waals surface area contributed by atoms with Crippen molar-refractivity contribution < 1.29 is 39.5 Å². The van der Waals surface area contributed by atoms with Crippen LogP contribution in [0.2, 0.25) is 0 Å². The Balaban J connectivity index is 0.00000121. The average Bonchev–Trinajstić information content (AvgIpc) is 1.94. The number of benzene rings is 1. The summed E-state index contributed by atoms with van der Waals surface area (Å²) in [6.07, 6.45) is 0. The molecule has 0 aliphatic heterocycles. The largest absolute Gasteiger partial charge is 1.00 e. The number of hydrogen-bond acceptors (Lipinski definition) is 2. The van der Waals surface area contributed by atoms with Crippen LogP contribution in [0.3, 0.4) is 0 Å². The van der Waals surface area contributed by atoms with Gasteiger partial charge in [0.25, 0.3) is 0 Å². The number of carboxylic acid groups (broad SMARTS) is 1. The summed E-state index contributed by atoms with van der Waals surface area (Å²) in [6, 6.07) is 5.27. The molecule has 0 amide bonds. The van der Waals surface area contributed by atoms with Gasteiger partial charge >= 0.3 is 29.6 Å². The first-order chi connectivity index (χ1) is 5.11. The quantitative estimate of drug-likeness (QED) is 0.446. The molecule has 3 heteroatoms. The van der Waals surface area contributed by atoms with E-state index in [0.717, 1.165) is 11.1 Å². The van der Waals surface area contributed by atoms with Gasteiger partial charge in [0, 0.05) is 5.56 Å². The number of carbonyl (C=O) groups is 1. The molecular formula is C9H9NaO2. The number of aromatic carboxylic acids is 1. The molecule has 0 heterocycles. The molecule has 0 aromatic heterocycles. The minimum absolute atomic E-state index is 0. The molecule has 58 valence electrons. The third-order valence-corrected chi connectivity index (χ3v) is 1.61. The summed E-state index contributed by atoms with van der Waals surface area (Å²) in [7, 11) is 0. The molecule has 0 aliphatic rings. The molecule has 0 unspecified atom stereocenters. The van der Waals surface area contributed by atoms with Gasteiger partial charge in [-0.05, 0) is 25.5 Å². The summed E-state index contributed by atoms with van der Waals surface area (Å²) in [6.45, 7) is 3.61. The zero-order valence-corrected chi connectivity index (χ0v) is 9.55. The van der Waals surface area contributed by atoms with Gasteiger partial charge in [0.2, 0.25) is 0 Å². The molecule has 12 heavy (non-hydrogen) atoms. The second-order valence-corrected chi connectivity index (χ2v) is 2.61. The van der Waals surface area contributed by atoms with E-state index in [4.69, 9.17) is 0 Å². The molecule has 0 fully saturated rings. The summed E-state index contributed by atoms with van der Waals surface area (Å²) in [5, 5.41) is 10.5. The van der Waals surface area contributed by atoms with Crippen LogP contribution in [-0.4, -0.2) is 5.97 Å². The van der Waals surface area contributed by atoms with Gasteiger partial charge in [0.1, 0.15) is 0 Å². The van der Waals surface area contributed by atoms with Crippen molar-refractivity contribution >= 4 is 5.97 Å². The molecular weight excluding hydrogens is 163 g/mol. The maximum atomic E-state index is 10.5. The number of aryl methyl sites for hydroxylation is 2. The van der Waals surface area contributed by atoms with E-state index in [1.165, 1.54) is 0 Å². The Hall–Kier alpha value is -0.310. The molecule has 1 aromatic carbocycles. The second kappa shape index (κ2) is 4.65. The van der Waals surface area contributed by atoms with Crippen LogP contribution in [0.15, 0.2) is 18.2 Å². The first-order valence-electron chi connectivity index (χ1n) is 3.40. The zero-order chi connectivity index (χ0) is 8.43. The molecule has 1 aromatic rings. The van der Waals surface area contributed by atoms with Gasteiger partial charge in [-0.25, -0.2) is 0 Å². The van der Waals surface area contributed by atoms with Gasteiger partial charge in [0.05, 0.1) is 5.97 Å². The normalized spacial score (nSPS) is 8.83. The molecule has 0 radical (unpaired) electrons. The fourth-order valence-electron chi connectivity index (χ4n) is 0.956. The zero-order valence-electron chi connectivity index (χ0n) is 7.55. The molecule has 0 saturated heterocycles. The van der Waals surface area contributed by atoms with E-state index in [-0.39, 0.29) is 35.1 Å². The summed E-state index contributed by atoms with van der Waals surface area (Å²) < 4.78 is 0. The van der Waals surface area contributed by atoms with E-state index in [2.05, 4.69) is 0 Å².